The van der Waals surface area contributed by atoms with Gasteiger partial charge in [-0.3, -0.25) is 0 Å². The molecule has 2 heterocycles. The summed E-state index contributed by atoms with van der Waals surface area (Å²) in [5.41, 5.74) is 0.951. The van der Waals surface area contributed by atoms with Crippen LogP contribution in [-0.2, 0) is 19.5 Å². The minimum Gasteiger partial charge on any atom is -1.00 e. The summed E-state index contributed by atoms with van der Waals surface area (Å²) in [7, 11) is 0. The smallest absolute Gasteiger partial charge is 1.00 e. The van der Waals surface area contributed by atoms with E-state index in [1.54, 1.807) is 0 Å². The fourth-order valence-corrected chi connectivity index (χ4v) is 3.77. The van der Waals surface area contributed by atoms with Gasteiger partial charge < -0.3 is 85.1 Å². The van der Waals surface area contributed by atoms with E-state index in [-0.39, 0.29) is 200 Å². The normalized spacial score (nSPS) is 19.4. The molecule has 0 aromatic heterocycles. The van der Waals surface area contributed by atoms with Gasteiger partial charge in [0.2, 0.25) is 0 Å². The Morgan fingerprint density at radius 1 is 0.419 bits per heavy atom. The molecule has 0 bridgehead atoms. The first-order valence-electron chi connectivity index (χ1n) is 8.31. The molecule has 168 valence electrons. The molecule has 2 fully saturated rings. The fraction of sp³-hybridized carbons (Fsp3) is 1.00. The van der Waals surface area contributed by atoms with Gasteiger partial charge in [-0.1, -0.05) is 93.9 Å². The van der Waals surface area contributed by atoms with E-state index in [1.807, 2.05) is 0 Å². The number of halogens is 6. The van der Waals surface area contributed by atoms with Gasteiger partial charge in [-0.2, -0.15) is 0 Å². The van der Waals surface area contributed by atoms with E-state index in [0.717, 1.165) is 0 Å². The van der Waals surface area contributed by atoms with Crippen molar-refractivity contribution >= 4 is 46.1 Å². The first-order chi connectivity index (χ1) is 8.83. The van der Waals surface area contributed by atoms with Crippen molar-refractivity contribution in [3.05, 3.63) is 10.6 Å². The van der Waals surface area contributed by atoms with Crippen LogP contribution in [0.5, 0.6) is 0 Å². The van der Waals surface area contributed by atoms with Crippen LogP contribution in [0.2, 0.25) is 0 Å². The molecule has 13 heteroatoms. The zero-order valence-electron chi connectivity index (χ0n) is 21.5. The molecule has 2 rings (SSSR count). The molecule has 0 spiro atoms. The van der Waals surface area contributed by atoms with Gasteiger partial charge in [0.15, 0.2) is 0 Å². The Balaban J connectivity index is -0.0000000212. The van der Waals surface area contributed by atoms with Crippen LogP contribution in [0.1, 0.15) is 93.9 Å². The zero-order chi connectivity index (χ0) is 15.7. The Hall–Kier alpha value is 5.01. The van der Waals surface area contributed by atoms with Crippen LogP contribution in [0.3, 0.4) is 0 Å². The van der Waals surface area contributed by atoms with Crippen LogP contribution in [0.15, 0.2) is 0 Å². The SMILES string of the molecule is CC1(C)CCCC(C)(C)[N-]1.CC1(C)CCCC(C)(C)[N-]1.[Cl-].[Cl-].[Cl-].[Cl-].[Cl-].[Cl-].[Li+].[Li+].[Mg+2].[Mg+2].[Zn+2]. The summed E-state index contributed by atoms with van der Waals surface area (Å²) in [6, 6.07) is 0. The van der Waals surface area contributed by atoms with Crippen molar-refractivity contribution in [2.24, 2.45) is 0 Å². The van der Waals surface area contributed by atoms with Crippen molar-refractivity contribution in [2.75, 3.05) is 0 Å². The molecule has 0 aliphatic carbocycles. The third-order valence-corrected chi connectivity index (χ3v) is 4.36. The summed E-state index contributed by atoms with van der Waals surface area (Å²) in [5.74, 6) is 0. The van der Waals surface area contributed by atoms with E-state index in [9.17, 15) is 0 Å². The van der Waals surface area contributed by atoms with E-state index in [2.05, 4.69) is 55.4 Å². The predicted molar refractivity (Wildman–Crippen MR) is 102 cm³/mol. The Labute approximate surface area is 300 Å². The van der Waals surface area contributed by atoms with Crippen molar-refractivity contribution in [3.63, 3.8) is 0 Å². The predicted octanol–water partition coefficient (Wildman–Crippen LogP) is -18.5. The first-order valence-corrected chi connectivity index (χ1v) is 8.31. The fourth-order valence-electron chi connectivity index (χ4n) is 3.77. The standard InChI is InChI=1S/2C9H18N.6ClH.2Li.2Mg.Zn/c2*1-8(2)6-5-7-9(3,4)10-8;;;;;;;;;;;/h2*5-7H2,1-4H3;6*1H;;;;;/q2*-1;;;;;;;2*+1;3*+2/p-6. The van der Waals surface area contributed by atoms with Gasteiger partial charge in [-0.05, 0) is 0 Å². The molecule has 0 radical (unpaired) electrons. The summed E-state index contributed by atoms with van der Waals surface area (Å²) < 4.78 is 0. The molecule has 2 aliphatic heterocycles. The number of hydrogen-bond donors (Lipinski definition) is 0. The molecule has 2 nitrogen and oxygen atoms in total. The minimum absolute atomic E-state index is 0. The average molecular weight is 621 g/mol. The first kappa shape index (κ1) is 70.6. The van der Waals surface area contributed by atoms with Crippen LogP contribution >= 0.6 is 0 Å². The Morgan fingerprint density at radius 2 is 0.548 bits per heavy atom. The van der Waals surface area contributed by atoms with E-state index >= 15 is 0 Å². The van der Waals surface area contributed by atoms with Crippen LogP contribution in [0.25, 0.3) is 10.6 Å². The maximum atomic E-state index is 4.75. The Morgan fingerprint density at radius 3 is 0.613 bits per heavy atom. The second-order valence-corrected chi connectivity index (χ2v) is 9.18. The summed E-state index contributed by atoms with van der Waals surface area (Å²) in [6.45, 7) is 17.8. The van der Waals surface area contributed by atoms with Crippen LogP contribution in [0, 0.1) is 0 Å². The van der Waals surface area contributed by atoms with Crippen molar-refractivity contribution in [3.8, 4) is 0 Å². The number of piperidine rings is 2. The van der Waals surface area contributed by atoms with Crippen molar-refractivity contribution in [1.82, 2.24) is 0 Å². The van der Waals surface area contributed by atoms with Gasteiger partial charge in [0, 0.05) is 0 Å². The maximum Gasteiger partial charge on any atom is 2.00 e. The molecular weight excluding hydrogens is 585 g/mol. The second kappa shape index (κ2) is 29.6. The average Bonchev–Trinajstić information content (AvgIpc) is 2.09. The van der Waals surface area contributed by atoms with Gasteiger partial charge in [0.05, 0.1) is 0 Å². The van der Waals surface area contributed by atoms with Crippen molar-refractivity contribution in [2.45, 2.75) is 116 Å². The van der Waals surface area contributed by atoms with Gasteiger partial charge in [-0.15, -0.1) is 22.2 Å². The van der Waals surface area contributed by atoms with Gasteiger partial charge >= 0.3 is 103 Å². The summed E-state index contributed by atoms with van der Waals surface area (Å²) in [5, 5.41) is 9.49. The summed E-state index contributed by atoms with van der Waals surface area (Å²) >= 11 is 0. The number of hydrogen-bond acceptors (Lipinski definition) is 0. The van der Waals surface area contributed by atoms with E-state index in [1.165, 1.54) is 38.5 Å². The molecule has 31 heavy (non-hydrogen) atoms. The largest absolute Gasteiger partial charge is 2.00 e. The van der Waals surface area contributed by atoms with Crippen molar-refractivity contribution < 1.29 is 132 Å². The molecule has 0 saturated carbocycles. The number of rotatable bonds is 0. The van der Waals surface area contributed by atoms with Gasteiger partial charge in [0.25, 0.3) is 0 Å². The quantitative estimate of drug-likeness (QED) is 0.241. The molecule has 0 aromatic rings. The van der Waals surface area contributed by atoms with Crippen LogP contribution in [-0.4, -0.2) is 68.3 Å². The molecule has 0 atom stereocenters. The third-order valence-electron chi connectivity index (χ3n) is 4.36. The summed E-state index contributed by atoms with van der Waals surface area (Å²) in [6.07, 6.45) is 7.72. The molecule has 0 aromatic carbocycles. The molecule has 2 saturated heterocycles. The summed E-state index contributed by atoms with van der Waals surface area (Å²) in [4.78, 5) is 0. The van der Waals surface area contributed by atoms with E-state index in [0.29, 0.717) is 0 Å². The van der Waals surface area contributed by atoms with Gasteiger partial charge in [-0.25, -0.2) is 0 Å². The molecule has 2 aliphatic rings. The third kappa shape index (κ3) is 35.0. The van der Waals surface area contributed by atoms with Crippen LogP contribution in [0.4, 0.5) is 0 Å². The van der Waals surface area contributed by atoms with Gasteiger partial charge in [0.1, 0.15) is 0 Å². The zero-order valence-corrected chi connectivity index (χ0v) is 31.9. The molecule has 0 amide bonds. The molecule has 0 unspecified atom stereocenters. The minimum atomic E-state index is 0. The topological polar surface area (TPSA) is 28.2 Å². The van der Waals surface area contributed by atoms with Crippen LogP contribution < -0.4 is 112 Å². The monoisotopic (exact) mass is 616 g/mol. The van der Waals surface area contributed by atoms with Crippen molar-refractivity contribution in [1.29, 1.82) is 0 Å². The van der Waals surface area contributed by atoms with E-state index in [4.69, 9.17) is 10.6 Å². The molecular formula is C18H36Cl6Li2Mg2N2Zn. The second-order valence-electron chi connectivity index (χ2n) is 9.18. The Kier molecular flexibility index (Phi) is 67.3. The van der Waals surface area contributed by atoms with E-state index < -0.39 is 0 Å². The Bertz CT molecular complexity index is 301. The maximum absolute atomic E-state index is 4.75. The number of nitrogens with zero attached hydrogens (tertiary/aromatic N) is 2. The molecule has 0 N–H and O–H groups in total.